The van der Waals surface area contributed by atoms with Gasteiger partial charge in [0.05, 0.1) is 23.7 Å². The number of aliphatic hydroxyl groups excluding tert-OH is 1. The molecule has 2 rings (SSSR count). The highest BCUT2D eigenvalue weighted by Crippen LogP contribution is 2.23. The van der Waals surface area contributed by atoms with Crippen LogP contribution in [0.5, 0.6) is 0 Å². The van der Waals surface area contributed by atoms with E-state index in [4.69, 9.17) is 9.52 Å². The molecule has 0 aliphatic rings. The van der Waals surface area contributed by atoms with Crippen LogP contribution in [0.2, 0.25) is 0 Å². The third-order valence-corrected chi connectivity index (χ3v) is 5.35. The number of aryl methyl sites for hydroxylation is 2. The Kier molecular flexibility index (Phi) is 4.82. The van der Waals surface area contributed by atoms with E-state index < -0.39 is 10.0 Å². The fourth-order valence-electron chi connectivity index (χ4n) is 1.70. The zero-order valence-electron chi connectivity index (χ0n) is 11.6. The summed E-state index contributed by atoms with van der Waals surface area (Å²) in [6.07, 6.45) is 0. The first-order valence-corrected chi connectivity index (χ1v) is 8.43. The molecule has 6 nitrogen and oxygen atoms in total. The molecule has 0 saturated carbocycles. The normalized spacial score (nSPS) is 11.8. The lowest BCUT2D eigenvalue weighted by Gasteiger charge is -2.08. The molecule has 2 aromatic rings. The van der Waals surface area contributed by atoms with Crippen LogP contribution in [0.25, 0.3) is 0 Å². The molecule has 0 spiro atoms. The molecule has 0 atom stereocenters. The third-order valence-electron chi connectivity index (χ3n) is 2.95. The number of aliphatic hydroxyl groups is 1. The molecule has 0 aliphatic carbocycles. The van der Waals surface area contributed by atoms with E-state index in [1.54, 1.807) is 26.0 Å². The molecule has 21 heavy (non-hydrogen) atoms. The fraction of sp³-hybridized carbons (Fsp3) is 0.308. The van der Waals surface area contributed by atoms with Crippen molar-refractivity contribution in [2.24, 2.45) is 0 Å². The Morgan fingerprint density at radius 3 is 2.67 bits per heavy atom. The number of hydrogen-bond acceptors (Lipinski definition) is 5. The summed E-state index contributed by atoms with van der Waals surface area (Å²) in [5.74, 6) is 0.968. The van der Waals surface area contributed by atoms with E-state index in [1.807, 2.05) is 0 Å². The van der Waals surface area contributed by atoms with Crippen molar-refractivity contribution in [1.82, 2.24) is 9.71 Å². The first-order valence-electron chi connectivity index (χ1n) is 6.15. The number of nitrogens with one attached hydrogen (secondary N) is 1. The number of halogens is 1. The summed E-state index contributed by atoms with van der Waals surface area (Å²) < 4.78 is 32.8. The minimum absolute atomic E-state index is 0.0349. The van der Waals surface area contributed by atoms with Crippen molar-refractivity contribution in [3.8, 4) is 0 Å². The van der Waals surface area contributed by atoms with E-state index in [0.717, 1.165) is 5.69 Å². The molecule has 8 heteroatoms. The average molecular weight is 375 g/mol. The van der Waals surface area contributed by atoms with E-state index >= 15 is 0 Å². The van der Waals surface area contributed by atoms with Gasteiger partial charge in [-0.2, -0.15) is 0 Å². The number of oxazole rings is 1. The number of hydrogen-bond donors (Lipinski definition) is 2. The number of rotatable bonds is 5. The van der Waals surface area contributed by atoms with Gasteiger partial charge in [-0.3, -0.25) is 0 Å². The Balaban J connectivity index is 2.22. The summed E-state index contributed by atoms with van der Waals surface area (Å²) in [6.45, 7) is 3.29. The van der Waals surface area contributed by atoms with Gasteiger partial charge in [-0.05, 0) is 47.5 Å². The lowest BCUT2D eigenvalue weighted by molar-refractivity contribution is 0.281. The van der Waals surface area contributed by atoms with E-state index in [1.165, 1.54) is 6.07 Å². The number of benzene rings is 1. The van der Waals surface area contributed by atoms with Gasteiger partial charge >= 0.3 is 0 Å². The van der Waals surface area contributed by atoms with Crippen LogP contribution in [-0.2, 0) is 23.2 Å². The zero-order chi connectivity index (χ0) is 15.6. The molecule has 1 aromatic heterocycles. The molecule has 0 radical (unpaired) electrons. The van der Waals surface area contributed by atoms with Crippen molar-refractivity contribution in [3.63, 3.8) is 0 Å². The van der Waals surface area contributed by atoms with Crippen molar-refractivity contribution >= 4 is 26.0 Å². The molecule has 1 aromatic carbocycles. The highest BCUT2D eigenvalue weighted by molar-refractivity contribution is 9.10. The quantitative estimate of drug-likeness (QED) is 0.834. The fourth-order valence-corrected chi connectivity index (χ4v) is 3.69. The summed E-state index contributed by atoms with van der Waals surface area (Å²) >= 11 is 3.20. The van der Waals surface area contributed by atoms with Gasteiger partial charge in [0.1, 0.15) is 5.76 Å². The third kappa shape index (κ3) is 3.70. The van der Waals surface area contributed by atoms with Crippen LogP contribution in [-0.4, -0.2) is 18.5 Å². The number of aromatic nitrogens is 1. The van der Waals surface area contributed by atoms with Crippen LogP contribution in [0.4, 0.5) is 0 Å². The maximum Gasteiger partial charge on any atom is 0.242 e. The lowest BCUT2D eigenvalue weighted by Crippen LogP contribution is -2.24. The molecule has 2 N–H and O–H groups in total. The van der Waals surface area contributed by atoms with Gasteiger partial charge in [-0.1, -0.05) is 6.07 Å². The van der Waals surface area contributed by atoms with Crippen LogP contribution >= 0.6 is 15.9 Å². The minimum Gasteiger partial charge on any atom is -0.444 e. The second-order valence-electron chi connectivity index (χ2n) is 4.50. The first-order chi connectivity index (χ1) is 9.83. The maximum atomic E-state index is 12.3. The predicted octanol–water partition coefficient (Wildman–Crippen LogP) is 2.02. The zero-order valence-corrected chi connectivity index (χ0v) is 14.0. The van der Waals surface area contributed by atoms with Crippen LogP contribution < -0.4 is 4.72 Å². The summed E-state index contributed by atoms with van der Waals surface area (Å²) in [7, 11) is -3.73. The summed E-state index contributed by atoms with van der Waals surface area (Å²) in [6, 6.07) is 4.64. The average Bonchev–Trinajstić information content (AvgIpc) is 2.76. The molecule has 0 saturated heterocycles. The second-order valence-corrected chi connectivity index (χ2v) is 7.09. The molecule has 0 aliphatic heterocycles. The van der Waals surface area contributed by atoms with E-state index in [0.29, 0.717) is 21.7 Å². The van der Waals surface area contributed by atoms with Crippen LogP contribution in [0, 0.1) is 13.8 Å². The molecule has 0 fully saturated rings. The van der Waals surface area contributed by atoms with Crippen molar-refractivity contribution < 1.29 is 17.9 Å². The Hall–Kier alpha value is -1.22. The highest BCUT2D eigenvalue weighted by Gasteiger charge is 2.19. The standard InChI is InChI=1S/C13H15BrN2O4S/c1-8-9(2)20-13(16-8)6-15-21(18,19)12-5-10(7-17)3-4-11(12)14/h3-5,15,17H,6-7H2,1-2H3. The topological polar surface area (TPSA) is 92.4 Å². The van der Waals surface area contributed by atoms with Crippen molar-refractivity contribution in [1.29, 1.82) is 0 Å². The van der Waals surface area contributed by atoms with Gasteiger partial charge < -0.3 is 9.52 Å². The van der Waals surface area contributed by atoms with E-state index in [2.05, 4.69) is 25.6 Å². The van der Waals surface area contributed by atoms with Gasteiger partial charge in [0.15, 0.2) is 0 Å². The lowest BCUT2D eigenvalue weighted by atomic mass is 10.2. The molecule has 1 heterocycles. The minimum atomic E-state index is -3.73. The Morgan fingerprint density at radius 1 is 1.38 bits per heavy atom. The van der Waals surface area contributed by atoms with Crippen molar-refractivity contribution in [3.05, 3.63) is 45.6 Å². The van der Waals surface area contributed by atoms with Crippen molar-refractivity contribution in [2.75, 3.05) is 0 Å². The van der Waals surface area contributed by atoms with Crippen LogP contribution in [0.3, 0.4) is 0 Å². The number of sulfonamides is 1. The van der Waals surface area contributed by atoms with Gasteiger partial charge in [0, 0.05) is 4.47 Å². The Labute approximate surface area is 131 Å². The smallest absolute Gasteiger partial charge is 0.242 e. The summed E-state index contributed by atoms with van der Waals surface area (Å²) in [5, 5.41) is 9.10. The van der Waals surface area contributed by atoms with Gasteiger partial charge in [0.2, 0.25) is 15.9 Å². The molecular weight excluding hydrogens is 360 g/mol. The van der Waals surface area contributed by atoms with Crippen LogP contribution in [0.15, 0.2) is 32.0 Å². The molecule has 114 valence electrons. The monoisotopic (exact) mass is 374 g/mol. The summed E-state index contributed by atoms with van der Waals surface area (Å²) in [5.41, 5.74) is 1.24. The maximum absolute atomic E-state index is 12.3. The predicted molar refractivity (Wildman–Crippen MR) is 80.1 cm³/mol. The highest BCUT2D eigenvalue weighted by atomic mass is 79.9. The van der Waals surface area contributed by atoms with E-state index in [-0.39, 0.29) is 18.0 Å². The summed E-state index contributed by atoms with van der Waals surface area (Å²) in [4.78, 5) is 4.18. The molecular formula is C13H15BrN2O4S. The van der Waals surface area contributed by atoms with Crippen molar-refractivity contribution in [2.45, 2.75) is 31.9 Å². The number of nitrogens with zero attached hydrogens (tertiary/aromatic N) is 1. The van der Waals surface area contributed by atoms with Gasteiger partial charge in [0.25, 0.3) is 0 Å². The van der Waals surface area contributed by atoms with Gasteiger partial charge in [-0.15, -0.1) is 0 Å². The van der Waals surface area contributed by atoms with Crippen LogP contribution in [0.1, 0.15) is 22.9 Å². The van der Waals surface area contributed by atoms with E-state index in [9.17, 15) is 8.42 Å². The molecule has 0 unspecified atom stereocenters. The molecule has 0 amide bonds. The SMILES string of the molecule is Cc1nc(CNS(=O)(=O)c2cc(CO)ccc2Br)oc1C. The second kappa shape index (κ2) is 6.27. The molecule has 0 bridgehead atoms. The largest absolute Gasteiger partial charge is 0.444 e. The first kappa shape index (κ1) is 16.2. The Morgan fingerprint density at radius 2 is 2.10 bits per heavy atom. The van der Waals surface area contributed by atoms with Gasteiger partial charge in [-0.25, -0.2) is 18.1 Å². The Bertz CT molecular complexity index is 736.